The summed E-state index contributed by atoms with van der Waals surface area (Å²) in [4.78, 5) is 4.60. The number of nitrogens with zero attached hydrogens (tertiary/aromatic N) is 2. The first-order chi connectivity index (χ1) is 8.04. The Labute approximate surface area is 107 Å². The molecule has 0 saturated carbocycles. The van der Waals surface area contributed by atoms with Crippen LogP contribution in [0.25, 0.3) is 11.0 Å². The van der Waals surface area contributed by atoms with Gasteiger partial charge in [-0.2, -0.15) is 0 Å². The normalized spacial score (nSPS) is 15.1. The van der Waals surface area contributed by atoms with Crippen LogP contribution in [0.3, 0.4) is 0 Å². The van der Waals surface area contributed by atoms with Gasteiger partial charge in [-0.15, -0.1) is 0 Å². The van der Waals surface area contributed by atoms with Gasteiger partial charge in [0.2, 0.25) is 0 Å². The molecule has 17 heavy (non-hydrogen) atoms. The van der Waals surface area contributed by atoms with E-state index in [1.807, 2.05) is 25.1 Å². The number of rotatable bonds is 3. The van der Waals surface area contributed by atoms with Crippen LogP contribution in [0, 0.1) is 0 Å². The number of nitrogens with two attached hydrogens (primary N) is 1. The molecule has 0 aliphatic carbocycles. The maximum absolute atomic E-state index is 5.99. The van der Waals surface area contributed by atoms with Gasteiger partial charge in [0.1, 0.15) is 5.82 Å². The van der Waals surface area contributed by atoms with Crippen molar-refractivity contribution in [3.8, 4) is 0 Å². The zero-order valence-corrected chi connectivity index (χ0v) is 11.2. The molecule has 1 aromatic heterocycles. The van der Waals surface area contributed by atoms with Crippen molar-refractivity contribution in [2.24, 2.45) is 5.73 Å². The van der Waals surface area contributed by atoms with E-state index in [0.717, 1.165) is 23.3 Å². The number of hydrogen-bond donors (Lipinski definition) is 1. The van der Waals surface area contributed by atoms with Gasteiger partial charge in [-0.1, -0.05) is 18.5 Å². The van der Waals surface area contributed by atoms with Crippen LogP contribution in [-0.2, 0) is 0 Å². The lowest BCUT2D eigenvalue weighted by Crippen LogP contribution is -2.16. The number of aromatic nitrogens is 2. The van der Waals surface area contributed by atoms with Gasteiger partial charge in [0.15, 0.2) is 0 Å². The molecular weight excluding hydrogens is 234 g/mol. The molecule has 0 fully saturated rings. The number of hydrogen-bond acceptors (Lipinski definition) is 2. The van der Waals surface area contributed by atoms with E-state index < -0.39 is 0 Å². The van der Waals surface area contributed by atoms with E-state index in [-0.39, 0.29) is 6.04 Å². The fraction of sp³-hybridized carbons (Fsp3) is 0.462. The third-order valence-corrected chi connectivity index (χ3v) is 3.35. The summed E-state index contributed by atoms with van der Waals surface area (Å²) in [7, 11) is 0. The first-order valence-electron chi connectivity index (χ1n) is 5.97. The summed E-state index contributed by atoms with van der Waals surface area (Å²) in [5.74, 6) is 0.927. The monoisotopic (exact) mass is 251 g/mol. The van der Waals surface area contributed by atoms with Crippen molar-refractivity contribution < 1.29 is 0 Å². The smallest absolute Gasteiger partial charge is 0.126 e. The molecule has 0 aliphatic heterocycles. The summed E-state index contributed by atoms with van der Waals surface area (Å²) < 4.78 is 2.22. The molecule has 0 unspecified atom stereocenters. The minimum Gasteiger partial charge on any atom is -0.324 e. The van der Waals surface area contributed by atoms with E-state index in [1.165, 1.54) is 0 Å². The highest BCUT2D eigenvalue weighted by molar-refractivity contribution is 6.31. The van der Waals surface area contributed by atoms with Crippen LogP contribution < -0.4 is 5.73 Å². The van der Waals surface area contributed by atoms with Gasteiger partial charge >= 0.3 is 0 Å². The Kier molecular flexibility index (Phi) is 3.40. The van der Waals surface area contributed by atoms with Crippen molar-refractivity contribution in [3.05, 3.63) is 29.0 Å². The molecule has 92 valence electrons. The molecule has 0 bridgehead atoms. The minimum atomic E-state index is -0.0739. The van der Waals surface area contributed by atoms with Gasteiger partial charge in [-0.05, 0) is 38.5 Å². The van der Waals surface area contributed by atoms with E-state index in [9.17, 15) is 0 Å². The van der Waals surface area contributed by atoms with Crippen molar-refractivity contribution in [1.82, 2.24) is 9.55 Å². The fourth-order valence-corrected chi connectivity index (χ4v) is 2.22. The van der Waals surface area contributed by atoms with Gasteiger partial charge in [-0.3, -0.25) is 0 Å². The minimum absolute atomic E-state index is 0.0739. The maximum atomic E-state index is 5.99. The lowest BCUT2D eigenvalue weighted by atomic mass is 10.2. The van der Waals surface area contributed by atoms with Crippen molar-refractivity contribution in [2.45, 2.75) is 39.3 Å². The summed E-state index contributed by atoms with van der Waals surface area (Å²) in [5.41, 5.74) is 8.02. The van der Waals surface area contributed by atoms with Crippen molar-refractivity contribution in [2.75, 3.05) is 0 Å². The fourth-order valence-electron chi connectivity index (χ4n) is 2.06. The summed E-state index contributed by atoms with van der Waals surface area (Å²) in [5, 5.41) is 0.711. The Morgan fingerprint density at radius 1 is 1.41 bits per heavy atom. The Morgan fingerprint density at radius 2 is 2.12 bits per heavy atom. The van der Waals surface area contributed by atoms with Crippen LogP contribution >= 0.6 is 11.6 Å². The Balaban J connectivity index is 2.71. The van der Waals surface area contributed by atoms with E-state index >= 15 is 0 Å². The second-order valence-corrected chi connectivity index (χ2v) is 4.96. The standard InChI is InChI=1S/C13H18ClN3/c1-4-8(2)17-12-6-5-10(14)7-11(12)16-13(17)9(3)15/h5-9H,4,15H2,1-3H3/t8-,9+/m1/s1. The van der Waals surface area contributed by atoms with E-state index in [1.54, 1.807) is 0 Å². The molecule has 3 nitrogen and oxygen atoms in total. The molecule has 2 aromatic rings. The topological polar surface area (TPSA) is 43.8 Å². The van der Waals surface area contributed by atoms with Crippen molar-refractivity contribution >= 4 is 22.6 Å². The second kappa shape index (κ2) is 4.67. The van der Waals surface area contributed by atoms with E-state index in [0.29, 0.717) is 11.1 Å². The highest BCUT2D eigenvalue weighted by atomic mass is 35.5. The van der Waals surface area contributed by atoms with Crippen LogP contribution in [0.2, 0.25) is 5.02 Å². The van der Waals surface area contributed by atoms with Gasteiger partial charge in [0, 0.05) is 11.1 Å². The van der Waals surface area contributed by atoms with E-state index in [2.05, 4.69) is 23.4 Å². The average molecular weight is 252 g/mol. The molecule has 0 spiro atoms. The van der Waals surface area contributed by atoms with Gasteiger partial charge in [-0.25, -0.2) is 4.98 Å². The summed E-state index contributed by atoms with van der Waals surface area (Å²) >= 11 is 5.99. The highest BCUT2D eigenvalue weighted by Gasteiger charge is 2.17. The average Bonchev–Trinajstić information content (AvgIpc) is 2.66. The van der Waals surface area contributed by atoms with Crippen LogP contribution in [0.1, 0.15) is 45.1 Å². The zero-order chi connectivity index (χ0) is 12.6. The molecule has 0 amide bonds. The Morgan fingerprint density at radius 3 is 2.71 bits per heavy atom. The number of halogens is 1. The lowest BCUT2D eigenvalue weighted by molar-refractivity contribution is 0.506. The summed E-state index contributed by atoms with van der Waals surface area (Å²) in [6, 6.07) is 6.12. The molecule has 1 heterocycles. The van der Waals surface area contributed by atoms with Crippen LogP contribution in [0.5, 0.6) is 0 Å². The molecule has 2 N–H and O–H groups in total. The molecular formula is C13H18ClN3. The number of imidazole rings is 1. The molecule has 4 heteroatoms. The van der Waals surface area contributed by atoms with Crippen LogP contribution in [0.4, 0.5) is 0 Å². The highest BCUT2D eigenvalue weighted by Crippen LogP contribution is 2.27. The lowest BCUT2D eigenvalue weighted by Gasteiger charge is -2.17. The summed E-state index contributed by atoms with van der Waals surface area (Å²) in [6.07, 6.45) is 1.05. The van der Waals surface area contributed by atoms with Crippen molar-refractivity contribution in [3.63, 3.8) is 0 Å². The molecule has 2 atom stereocenters. The van der Waals surface area contributed by atoms with Gasteiger partial charge in [0.05, 0.1) is 17.1 Å². The molecule has 2 rings (SSSR count). The predicted molar refractivity (Wildman–Crippen MR) is 72.3 cm³/mol. The largest absolute Gasteiger partial charge is 0.324 e. The number of benzene rings is 1. The predicted octanol–water partition coefficient (Wildman–Crippen LogP) is 3.68. The van der Waals surface area contributed by atoms with E-state index in [4.69, 9.17) is 17.3 Å². The first-order valence-corrected chi connectivity index (χ1v) is 6.35. The summed E-state index contributed by atoms with van der Waals surface area (Å²) in [6.45, 7) is 6.31. The SMILES string of the molecule is CC[C@@H](C)n1c([C@H](C)N)nc2cc(Cl)ccc21. The third-order valence-electron chi connectivity index (χ3n) is 3.12. The molecule has 1 aromatic carbocycles. The molecule has 0 radical (unpaired) electrons. The zero-order valence-electron chi connectivity index (χ0n) is 10.4. The molecule has 0 saturated heterocycles. The van der Waals surface area contributed by atoms with Crippen LogP contribution in [-0.4, -0.2) is 9.55 Å². The van der Waals surface area contributed by atoms with Gasteiger partial charge in [0.25, 0.3) is 0 Å². The Bertz CT molecular complexity index is 531. The Hall–Kier alpha value is -1.06. The number of fused-ring (bicyclic) bond motifs is 1. The second-order valence-electron chi connectivity index (χ2n) is 4.52. The van der Waals surface area contributed by atoms with Crippen molar-refractivity contribution in [1.29, 1.82) is 0 Å². The first kappa shape index (κ1) is 12.4. The van der Waals surface area contributed by atoms with Crippen LogP contribution in [0.15, 0.2) is 18.2 Å². The maximum Gasteiger partial charge on any atom is 0.126 e. The van der Waals surface area contributed by atoms with Gasteiger partial charge < -0.3 is 10.3 Å². The quantitative estimate of drug-likeness (QED) is 0.904. The third kappa shape index (κ3) is 2.17. The molecule has 0 aliphatic rings.